The molecular formula is C22H26O4Si. The summed E-state index contributed by atoms with van der Waals surface area (Å²) in [5.74, 6) is -0.301. The molecule has 0 unspecified atom stereocenters. The van der Waals surface area contributed by atoms with Gasteiger partial charge in [-0.25, -0.2) is 0 Å². The third kappa shape index (κ3) is 3.75. The van der Waals surface area contributed by atoms with E-state index in [0.29, 0.717) is 0 Å². The third-order valence-electron chi connectivity index (χ3n) is 5.14. The fourth-order valence-electron chi connectivity index (χ4n) is 3.92. The zero-order chi connectivity index (χ0) is 19.5. The summed E-state index contributed by atoms with van der Waals surface area (Å²) < 4.78 is 12.3. The summed E-state index contributed by atoms with van der Waals surface area (Å²) in [5, 5.41) is 2.10. The lowest BCUT2D eigenvalue weighted by molar-refractivity contribution is -0.142. The minimum atomic E-state index is -2.76. The number of ether oxygens (including phenoxy) is 1. The number of hydrogen-bond acceptors (Lipinski definition) is 4. The van der Waals surface area contributed by atoms with Crippen molar-refractivity contribution in [3.63, 3.8) is 0 Å². The molecule has 0 bridgehead atoms. The lowest BCUT2D eigenvalue weighted by atomic mass is 10.1. The summed E-state index contributed by atoms with van der Waals surface area (Å²) in [6, 6.07) is 20.5. The van der Waals surface area contributed by atoms with E-state index in [-0.39, 0.29) is 23.8 Å². The van der Waals surface area contributed by atoms with Crippen LogP contribution in [0, 0.1) is 0 Å². The van der Waals surface area contributed by atoms with Crippen LogP contribution in [0.4, 0.5) is 0 Å². The summed E-state index contributed by atoms with van der Waals surface area (Å²) in [7, 11) is -2.76. The molecule has 0 aromatic heterocycles. The van der Waals surface area contributed by atoms with Gasteiger partial charge in [0.15, 0.2) is 0 Å². The summed E-state index contributed by atoms with van der Waals surface area (Å²) in [4.78, 5) is 23.0. The molecule has 2 atom stereocenters. The predicted molar refractivity (Wildman–Crippen MR) is 108 cm³/mol. The predicted octanol–water partition coefficient (Wildman–Crippen LogP) is 2.84. The maximum Gasteiger partial charge on any atom is 0.308 e. The lowest BCUT2D eigenvalue weighted by Crippen LogP contribution is -2.68. The number of cyclic esters (lactones) is 1. The zero-order valence-corrected chi connectivity index (χ0v) is 17.1. The van der Waals surface area contributed by atoms with Gasteiger partial charge < -0.3 is 14.0 Å². The van der Waals surface area contributed by atoms with Gasteiger partial charge in [0.05, 0.1) is 12.5 Å². The smallest absolute Gasteiger partial charge is 0.308 e. The third-order valence-corrected chi connectivity index (χ3v) is 10.2. The van der Waals surface area contributed by atoms with Crippen molar-refractivity contribution in [2.75, 3.05) is 0 Å². The van der Waals surface area contributed by atoms with Crippen LogP contribution in [0.15, 0.2) is 60.7 Å². The van der Waals surface area contributed by atoms with E-state index in [0.717, 1.165) is 16.7 Å². The Balaban J connectivity index is 2.15. The van der Waals surface area contributed by atoms with Crippen LogP contribution in [0.3, 0.4) is 0 Å². The molecule has 3 rings (SSSR count). The molecule has 0 N–H and O–H groups in total. The molecule has 0 aliphatic carbocycles. The van der Waals surface area contributed by atoms with Gasteiger partial charge in [-0.3, -0.25) is 4.79 Å². The Morgan fingerprint density at radius 1 is 1.04 bits per heavy atom. The molecule has 0 spiro atoms. The molecule has 2 aromatic carbocycles. The highest BCUT2D eigenvalue weighted by Gasteiger charge is 2.53. The second kappa shape index (κ2) is 7.78. The Bertz CT molecular complexity index is 743. The Hall–Kier alpha value is -2.24. The van der Waals surface area contributed by atoms with Gasteiger partial charge in [-0.15, -0.1) is 0 Å². The van der Waals surface area contributed by atoms with Crippen molar-refractivity contribution < 1.29 is 18.8 Å². The highest BCUT2D eigenvalue weighted by molar-refractivity contribution is 6.99. The first-order valence-electron chi connectivity index (χ1n) is 9.30. The summed E-state index contributed by atoms with van der Waals surface area (Å²) in [6.45, 7) is 6.56. The lowest BCUT2D eigenvalue weighted by Gasteiger charge is -2.44. The van der Waals surface area contributed by atoms with Gasteiger partial charge in [0.25, 0.3) is 8.32 Å². The number of aldehydes is 1. The van der Waals surface area contributed by atoms with Crippen LogP contribution in [0.1, 0.15) is 33.6 Å². The number of carbonyl (C=O) groups excluding carboxylic acids is 2. The van der Waals surface area contributed by atoms with Gasteiger partial charge in [-0.05, 0) is 15.4 Å². The van der Waals surface area contributed by atoms with Crippen LogP contribution in [0.25, 0.3) is 0 Å². The standard InChI is InChI=1S/C22H26O4Si/c1-22(2,3)27(17-10-6-4-7-11-17,18-12-8-5-9-13-18)26-20-16-21(24)25-19(20)14-15-23/h4-13,15,19-20H,14,16H2,1-3H3/t19-,20-/m1/s1. The van der Waals surface area contributed by atoms with E-state index in [9.17, 15) is 9.59 Å². The fourth-order valence-corrected chi connectivity index (χ4v) is 8.62. The molecule has 142 valence electrons. The summed E-state index contributed by atoms with van der Waals surface area (Å²) in [5.41, 5.74) is 0. The van der Waals surface area contributed by atoms with Crippen molar-refractivity contribution in [3.8, 4) is 0 Å². The van der Waals surface area contributed by atoms with Crippen LogP contribution in [-0.2, 0) is 18.8 Å². The van der Waals surface area contributed by atoms with Crippen LogP contribution in [-0.4, -0.2) is 32.8 Å². The van der Waals surface area contributed by atoms with Crippen molar-refractivity contribution >= 4 is 30.9 Å². The van der Waals surface area contributed by atoms with Gasteiger partial charge in [0.2, 0.25) is 0 Å². The first-order chi connectivity index (χ1) is 12.9. The van der Waals surface area contributed by atoms with Crippen LogP contribution in [0.2, 0.25) is 5.04 Å². The van der Waals surface area contributed by atoms with Gasteiger partial charge in [-0.1, -0.05) is 81.4 Å². The first-order valence-corrected chi connectivity index (χ1v) is 11.2. The molecular weight excluding hydrogens is 356 g/mol. The molecule has 2 aromatic rings. The minimum Gasteiger partial charge on any atom is -0.459 e. The highest BCUT2D eigenvalue weighted by Crippen LogP contribution is 2.39. The molecule has 27 heavy (non-hydrogen) atoms. The van der Waals surface area contributed by atoms with Crippen LogP contribution >= 0.6 is 0 Å². The minimum absolute atomic E-state index is 0.161. The van der Waals surface area contributed by atoms with Crippen molar-refractivity contribution in [2.45, 2.75) is 50.9 Å². The monoisotopic (exact) mass is 382 g/mol. The van der Waals surface area contributed by atoms with Gasteiger partial charge >= 0.3 is 5.97 Å². The van der Waals surface area contributed by atoms with E-state index in [2.05, 4.69) is 45.0 Å². The van der Waals surface area contributed by atoms with Gasteiger partial charge in [-0.2, -0.15) is 0 Å². The molecule has 0 amide bonds. The molecule has 1 heterocycles. The number of esters is 1. The largest absolute Gasteiger partial charge is 0.459 e. The van der Waals surface area contributed by atoms with Gasteiger partial charge in [0, 0.05) is 6.42 Å². The molecule has 0 saturated carbocycles. The fraction of sp³-hybridized carbons (Fsp3) is 0.364. The average molecular weight is 383 g/mol. The maximum absolute atomic E-state index is 11.9. The quantitative estimate of drug-likeness (QED) is 0.438. The molecule has 1 aliphatic rings. The first kappa shape index (κ1) is 19.5. The number of carbonyl (C=O) groups is 2. The second-order valence-electron chi connectivity index (χ2n) is 7.95. The van der Waals surface area contributed by atoms with E-state index in [1.54, 1.807) is 0 Å². The highest BCUT2D eigenvalue weighted by atomic mass is 28.4. The molecule has 1 fully saturated rings. The van der Waals surface area contributed by atoms with Crippen LogP contribution in [0.5, 0.6) is 0 Å². The topological polar surface area (TPSA) is 52.6 Å². The van der Waals surface area contributed by atoms with E-state index >= 15 is 0 Å². The molecule has 5 heteroatoms. The molecule has 1 saturated heterocycles. The zero-order valence-electron chi connectivity index (χ0n) is 16.1. The van der Waals surface area contributed by atoms with E-state index in [1.807, 2.05) is 36.4 Å². The maximum atomic E-state index is 11.9. The van der Waals surface area contributed by atoms with E-state index in [1.165, 1.54) is 0 Å². The SMILES string of the molecule is CC(C)(C)[Si](O[C@@H]1CC(=O)O[C@@H]1CC=O)(c1ccccc1)c1ccccc1. The van der Waals surface area contributed by atoms with Crippen molar-refractivity contribution in [3.05, 3.63) is 60.7 Å². The normalized spacial score (nSPS) is 20.3. The van der Waals surface area contributed by atoms with Crippen molar-refractivity contribution in [1.82, 2.24) is 0 Å². The Kier molecular flexibility index (Phi) is 5.63. The Labute approximate surface area is 161 Å². The van der Waals surface area contributed by atoms with Crippen molar-refractivity contribution in [1.29, 1.82) is 0 Å². The van der Waals surface area contributed by atoms with Crippen molar-refractivity contribution in [2.24, 2.45) is 0 Å². The number of hydrogen-bond donors (Lipinski definition) is 0. The van der Waals surface area contributed by atoms with Crippen LogP contribution < -0.4 is 10.4 Å². The average Bonchev–Trinajstić information content (AvgIpc) is 2.99. The summed E-state index contributed by atoms with van der Waals surface area (Å²) >= 11 is 0. The van der Waals surface area contributed by atoms with Gasteiger partial charge in [0.1, 0.15) is 12.4 Å². The molecule has 1 aliphatic heterocycles. The second-order valence-corrected chi connectivity index (χ2v) is 12.2. The number of rotatable bonds is 6. The number of benzene rings is 2. The Morgan fingerprint density at radius 3 is 2.00 bits per heavy atom. The Morgan fingerprint density at radius 2 is 1.56 bits per heavy atom. The summed E-state index contributed by atoms with van der Waals surface area (Å²) in [6.07, 6.45) is 0.202. The molecule has 0 radical (unpaired) electrons. The molecule has 4 nitrogen and oxygen atoms in total. The van der Waals surface area contributed by atoms with E-state index < -0.39 is 20.5 Å². The van der Waals surface area contributed by atoms with E-state index in [4.69, 9.17) is 9.16 Å².